The van der Waals surface area contributed by atoms with Crippen LogP contribution < -0.4 is 9.64 Å². The second kappa shape index (κ2) is 5.76. The Morgan fingerprint density at radius 2 is 2.06 bits per heavy atom. The summed E-state index contributed by atoms with van der Waals surface area (Å²) in [5, 5.41) is 0. The Kier molecular flexibility index (Phi) is 4.07. The van der Waals surface area contributed by atoms with E-state index in [-0.39, 0.29) is 6.03 Å². The molecule has 1 aromatic carbocycles. The van der Waals surface area contributed by atoms with Crippen molar-refractivity contribution >= 4 is 11.7 Å². The SMILES string of the molecule is CCN(CC)C(=O)N1CCCOc2ccccc21. The molecule has 4 nitrogen and oxygen atoms in total. The number of carbonyl (C=O) groups excluding carboxylic acids is 1. The van der Waals surface area contributed by atoms with Gasteiger partial charge in [-0.15, -0.1) is 0 Å². The maximum absolute atomic E-state index is 12.5. The van der Waals surface area contributed by atoms with Crippen LogP contribution in [0.2, 0.25) is 0 Å². The van der Waals surface area contributed by atoms with E-state index in [4.69, 9.17) is 4.74 Å². The standard InChI is InChI=1S/C14H20N2O2/c1-3-15(4-2)14(17)16-10-7-11-18-13-9-6-5-8-12(13)16/h5-6,8-9H,3-4,7,10-11H2,1-2H3. The Morgan fingerprint density at radius 3 is 2.78 bits per heavy atom. The molecule has 2 rings (SSSR count). The molecule has 0 atom stereocenters. The van der Waals surface area contributed by atoms with Crippen molar-refractivity contribution in [1.82, 2.24) is 4.90 Å². The van der Waals surface area contributed by atoms with Gasteiger partial charge >= 0.3 is 6.03 Å². The highest BCUT2D eigenvalue weighted by molar-refractivity contribution is 5.93. The Balaban J connectivity index is 2.30. The number of hydrogen-bond donors (Lipinski definition) is 0. The molecular weight excluding hydrogens is 228 g/mol. The third-order valence-electron chi connectivity index (χ3n) is 3.20. The summed E-state index contributed by atoms with van der Waals surface area (Å²) in [5.41, 5.74) is 0.881. The molecule has 2 amide bonds. The Hall–Kier alpha value is -1.71. The summed E-state index contributed by atoms with van der Waals surface area (Å²) in [4.78, 5) is 16.1. The maximum Gasteiger partial charge on any atom is 0.324 e. The Morgan fingerprint density at radius 1 is 1.33 bits per heavy atom. The van der Waals surface area contributed by atoms with Crippen molar-refractivity contribution in [2.75, 3.05) is 31.1 Å². The van der Waals surface area contributed by atoms with Gasteiger partial charge in [-0.25, -0.2) is 4.79 Å². The minimum atomic E-state index is 0.0675. The van der Waals surface area contributed by atoms with Crippen molar-refractivity contribution < 1.29 is 9.53 Å². The van der Waals surface area contributed by atoms with Crippen LogP contribution in [0.3, 0.4) is 0 Å². The molecule has 0 fully saturated rings. The van der Waals surface area contributed by atoms with Crippen molar-refractivity contribution in [2.45, 2.75) is 20.3 Å². The number of ether oxygens (including phenoxy) is 1. The average Bonchev–Trinajstić information content (AvgIpc) is 2.62. The molecule has 18 heavy (non-hydrogen) atoms. The van der Waals surface area contributed by atoms with Gasteiger partial charge in [-0.2, -0.15) is 0 Å². The lowest BCUT2D eigenvalue weighted by molar-refractivity contribution is 0.210. The lowest BCUT2D eigenvalue weighted by atomic mass is 10.2. The first-order valence-corrected chi connectivity index (χ1v) is 6.56. The Bertz CT molecular complexity index is 416. The van der Waals surface area contributed by atoms with E-state index in [1.165, 1.54) is 0 Å². The number of para-hydroxylation sites is 2. The number of fused-ring (bicyclic) bond motifs is 1. The highest BCUT2D eigenvalue weighted by Crippen LogP contribution is 2.31. The van der Waals surface area contributed by atoms with Gasteiger partial charge in [-0.05, 0) is 32.4 Å². The van der Waals surface area contributed by atoms with Crippen molar-refractivity contribution in [3.05, 3.63) is 24.3 Å². The van der Waals surface area contributed by atoms with Crippen LogP contribution in [0, 0.1) is 0 Å². The molecule has 0 radical (unpaired) electrons. The second-order valence-electron chi connectivity index (χ2n) is 4.28. The third-order valence-corrected chi connectivity index (χ3v) is 3.20. The quantitative estimate of drug-likeness (QED) is 0.806. The molecule has 1 aromatic rings. The van der Waals surface area contributed by atoms with Crippen LogP contribution in [-0.4, -0.2) is 37.2 Å². The monoisotopic (exact) mass is 248 g/mol. The van der Waals surface area contributed by atoms with Gasteiger partial charge in [-0.3, -0.25) is 4.90 Å². The van der Waals surface area contributed by atoms with Crippen molar-refractivity contribution in [1.29, 1.82) is 0 Å². The van der Waals surface area contributed by atoms with Gasteiger partial charge in [0, 0.05) is 19.6 Å². The molecule has 0 unspecified atom stereocenters. The van der Waals surface area contributed by atoms with Gasteiger partial charge in [0.15, 0.2) is 0 Å². The highest BCUT2D eigenvalue weighted by atomic mass is 16.5. The molecule has 0 saturated heterocycles. The van der Waals surface area contributed by atoms with Gasteiger partial charge < -0.3 is 9.64 Å². The summed E-state index contributed by atoms with van der Waals surface area (Å²) in [6.07, 6.45) is 0.863. The van der Waals surface area contributed by atoms with Crippen molar-refractivity contribution in [3.63, 3.8) is 0 Å². The number of carbonyl (C=O) groups is 1. The molecule has 0 spiro atoms. The molecular formula is C14H20N2O2. The smallest absolute Gasteiger partial charge is 0.324 e. The molecule has 0 N–H and O–H groups in total. The number of nitrogens with zero attached hydrogens (tertiary/aromatic N) is 2. The van der Waals surface area contributed by atoms with E-state index in [1.54, 1.807) is 0 Å². The number of anilines is 1. The van der Waals surface area contributed by atoms with Crippen molar-refractivity contribution in [2.24, 2.45) is 0 Å². The number of rotatable bonds is 2. The Labute approximate surface area is 108 Å². The number of urea groups is 1. The van der Waals surface area contributed by atoms with E-state index >= 15 is 0 Å². The van der Waals surface area contributed by atoms with E-state index in [0.717, 1.165) is 30.9 Å². The molecule has 0 bridgehead atoms. The molecule has 0 saturated carbocycles. The molecule has 1 aliphatic heterocycles. The lowest BCUT2D eigenvalue weighted by Gasteiger charge is -2.28. The van der Waals surface area contributed by atoms with Crippen LogP contribution in [-0.2, 0) is 0 Å². The van der Waals surface area contributed by atoms with Crippen LogP contribution in [0.25, 0.3) is 0 Å². The summed E-state index contributed by atoms with van der Waals surface area (Å²) >= 11 is 0. The molecule has 0 aliphatic carbocycles. The molecule has 1 heterocycles. The first-order valence-electron chi connectivity index (χ1n) is 6.56. The zero-order valence-electron chi connectivity index (χ0n) is 11.1. The van der Waals surface area contributed by atoms with Gasteiger partial charge in [0.25, 0.3) is 0 Å². The minimum absolute atomic E-state index is 0.0675. The fraction of sp³-hybridized carbons (Fsp3) is 0.500. The summed E-state index contributed by atoms with van der Waals surface area (Å²) in [7, 11) is 0. The zero-order chi connectivity index (χ0) is 13.0. The minimum Gasteiger partial charge on any atom is -0.491 e. The van der Waals surface area contributed by atoms with Crippen LogP contribution in [0.15, 0.2) is 24.3 Å². The maximum atomic E-state index is 12.5. The number of amides is 2. The summed E-state index contributed by atoms with van der Waals surface area (Å²) in [6, 6.07) is 7.81. The van der Waals surface area contributed by atoms with Gasteiger partial charge in [-0.1, -0.05) is 12.1 Å². The van der Waals surface area contributed by atoms with E-state index in [0.29, 0.717) is 13.2 Å². The highest BCUT2D eigenvalue weighted by Gasteiger charge is 2.24. The first-order chi connectivity index (χ1) is 8.77. The predicted molar refractivity (Wildman–Crippen MR) is 72.2 cm³/mol. The summed E-state index contributed by atoms with van der Waals surface area (Å²) in [5.74, 6) is 0.801. The second-order valence-corrected chi connectivity index (χ2v) is 4.28. The lowest BCUT2D eigenvalue weighted by Crippen LogP contribution is -2.43. The van der Waals surface area contributed by atoms with E-state index < -0.39 is 0 Å². The largest absolute Gasteiger partial charge is 0.491 e. The van der Waals surface area contributed by atoms with Gasteiger partial charge in [0.2, 0.25) is 0 Å². The van der Waals surface area contributed by atoms with Crippen LogP contribution in [0.5, 0.6) is 5.75 Å². The number of benzene rings is 1. The summed E-state index contributed by atoms with van der Waals surface area (Å²) < 4.78 is 5.66. The molecule has 98 valence electrons. The first kappa shape index (κ1) is 12.7. The third kappa shape index (κ3) is 2.42. The normalized spacial score (nSPS) is 14.4. The van der Waals surface area contributed by atoms with E-state index in [9.17, 15) is 4.79 Å². The fourth-order valence-electron chi connectivity index (χ4n) is 2.19. The van der Waals surface area contributed by atoms with Crippen LogP contribution in [0.1, 0.15) is 20.3 Å². The van der Waals surface area contributed by atoms with E-state index in [2.05, 4.69) is 0 Å². The molecule has 4 heteroatoms. The van der Waals surface area contributed by atoms with Crippen LogP contribution in [0.4, 0.5) is 10.5 Å². The van der Waals surface area contributed by atoms with E-state index in [1.807, 2.05) is 47.9 Å². The van der Waals surface area contributed by atoms with Gasteiger partial charge in [0.05, 0.1) is 12.3 Å². The molecule has 0 aromatic heterocycles. The zero-order valence-corrected chi connectivity index (χ0v) is 11.1. The fourth-order valence-corrected chi connectivity index (χ4v) is 2.19. The number of hydrogen-bond acceptors (Lipinski definition) is 2. The average molecular weight is 248 g/mol. The van der Waals surface area contributed by atoms with Crippen LogP contribution >= 0.6 is 0 Å². The predicted octanol–water partition coefficient (Wildman–Crippen LogP) is 2.74. The van der Waals surface area contributed by atoms with Crippen molar-refractivity contribution in [3.8, 4) is 5.75 Å². The summed E-state index contributed by atoms with van der Waals surface area (Å²) in [6.45, 7) is 6.85. The van der Waals surface area contributed by atoms with Gasteiger partial charge in [0.1, 0.15) is 5.75 Å². The molecule has 1 aliphatic rings. The topological polar surface area (TPSA) is 32.8 Å².